The minimum atomic E-state index is -0.381. The van der Waals surface area contributed by atoms with E-state index in [9.17, 15) is 4.79 Å². The molecule has 0 aliphatic heterocycles. The molecule has 0 saturated heterocycles. The van der Waals surface area contributed by atoms with Gasteiger partial charge >= 0.3 is 5.91 Å². The Balaban J connectivity index is 1.62. The Bertz CT molecular complexity index is 822. The van der Waals surface area contributed by atoms with Crippen molar-refractivity contribution in [1.82, 2.24) is 14.9 Å². The molecule has 112 valence electrons. The van der Waals surface area contributed by atoms with Gasteiger partial charge in [-0.1, -0.05) is 18.2 Å². The number of nitrogens with zero attached hydrogens (tertiary/aromatic N) is 2. The number of aromatic nitrogens is 3. The molecule has 0 saturated carbocycles. The molecule has 0 unspecified atom stereocenters. The van der Waals surface area contributed by atoms with Gasteiger partial charge in [0, 0.05) is 4.90 Å². The number of carbonyl (C=O) groups excluding carboxylic acids is 1. The molecule has 22 heavy (non-hydrogen) atoms. The van der Waals surface area contributed by atoms with Crippen LogP contribution in [-0.2, 0) is 5.75 Å². The van der Waals surface area contributed by atoms with Crippen molar-refractivity contribution in [3.8, 4) is 0 Å². The lowest BCUT2D eigenvalue weighted by molar-refractivity contribution is 0.0980. The van der Waals surface area contributed by atoms with E-state index in [2.05, 4.69) is 15.6 Å². The van der Waals surface area contributed by atoms with Crippen molar-refractivity contribution in [1.29, 1.82) is 0 Å². The minimum Gasteiger partial charge on any atom is -0.455 e. The molecular formula is C14H12N4O2S2. The van der Waals surface area contributed by atoms with Gasteiger partial charge in [-0.25, -0.2) is 4.68 Å². The highest BCUT2D eigenvalue weighted by Gasteiger charge is 2.12. The number of carbonyl (C=O) groups is 1. The third-order valence-corrected chi connectivity index (χ3v) is 4.11. The topological polar surface area (TPSA) is 75.8 Å². The molecule has 8 heteroatoms. The molecule has 3 aromatic rings. The van der Waals surface area contributed by atoms with Crippen LogP contribution in [0.4, 0.5) is 0 Å². The zero-order valence-electron chi connectivity index (χ0n) is 11.4. The lowest BCUT2D eigenvalue weighted by Crippen LogP contribution is -2.21. The van der Waals surface area contributed by atoms with Crippen molar-refractivity contribution < 1.29 is 9.21 Å². The maximum absolute atomic E-state index is 12.0. The molecule has 3 rings (SSSR count). The predicted octanol–water partition coefficient (Wildman–Crippen LogP) is 3.21. The van der Waals surface area contributed by atoms with E-state index in [4.69, 9.17) is 16.6 Å². The zero-order chi connectivity index (χ0) is 15.4. The Kier molecular flexibility index (Phi) is 4.40. The predicted molar refractivity (Wildman–Crippen MR) is 85.8 cm³/mol. The molecule has 0 bridgehead atoms. The van der Waals surface area contributed by atoms with Crippen LogP contribution in [0.15, 0.2) is 58.1 Å². The number of aromatic amines is 1. The van der Waals surface area contributed by atoms with E-state index in [1.54, 1.807) is 23.9 Å². The summed E-state index contributed by atoms with van der Waals surface area (Å²) in [5, 5.41) is 6.27. The van der Waals surface area contributed by atoms with Crippen LogP contribution in [-0.4, -0.2) is 20.8 Å². The van der Waals surface area contributed by atoms with Crippen molar-refractivity contribution >= 4 is 29.9 Å². The third kappa shape index (κ3) is 3.46. The molecule has 0 aliphatic rings. The van der Waals surface area contributed by atoms with Gasteiger partial charge in [-0.15, -0.1) is 11.8 Å². The second-order valence-electron chi connectivity index (χ2n) is 4.34. The van der Waals surface area contributed by atoms with Crippen LogP contribution in [0.25, 0.3) is 0 Å². The first-order chi connectivity index (χ1) is 10.7. The van der Waals surface area contributed by atoms with E-state index >= 15 is 0 Å². The molecule has 1 amide bonds. The first kappa shape index (κ1) is 14.6. The van der Waals surface area contributed by atoms with Gasteiger partial charge in [-0.3, -0.25) is 15.3 Å². The molecule has 0 fully saturated rings. The number of thioether (sulfide) groups is 1. The average Bonchev–Trinajstić information content (AvgIpc) is 3.16. The Hall–Kier alpha value is -2.32. The molecule has 0 atom stereocenters. The highest BCUT2D eigenvalue weighted by molar-refractivity contribution is 7.98. The Morgan fingerprint density at radius 3 is 2.86 bits per heavy atom. The summed E-state index contributed by atoms with van der Waals surface area (Å²) in [7, 11) is 0. The van der Waals surface area contributed by atoms with E-state index in [-0.39, 0.29) is 11.7 Å². The molecule has 1 aromatic carbocycles. The van der Waals surface area contributed by atoms with E-state index in [0.29, 0.717) is 10.5 Å². The normalized spacial score (nSPS) is 10.5. The standard InChI is InChI=1S/C14H12N4O2S2/c19-13(17-18-9-15-16-14(18)21)12-7-6-10(20-12)8-22-11-4-2-1-3-5-11/h1-7,9H,8H2,(H,16,21)(H,17,19). The fourth-order valence-corrected chi connectivity index (χ4v) is 2.70. The van der Waals surface area contributed by atoms with Crippen molar-refractivity contribution in [3.63, 3.8) is 0 Å². The summed E-state index contributed by atoms with van der Waals surface area (Å²) < 4.78 is 7.17. The van der Waals surface area contributed by atoms with Gasteiger partial charge < -0.3 is 4.42 Å². The molecule has 2 N–H and O–H groups in total. The van der Waals surface area contributed by atoms with Crippen LogP contribution in [0, 0.1) is 4.77 Å². The lowest BCUT2D eigenvalue weighted by atomic mass is 10.4. The van der Waals surface area contributed by atoms with Crippen LogP contribution < -0.4 is 5.43 Å². The van der Waals surface area contributed by atoms with Crippen LogP contribution in [0.3, 0.4) is 0 Å². The maximum Gasteiger partial charge on any atom is 0.305 e. The van der Waals surface area contributed by atoms with Crippen LogP contribution in [0.2, 0.25) is 0 Å². The molecule has 2 heterocycles. The van der Waals surface area contributed by atoms with Crippen LogP contribution in [0.1, 0.15) is 16.3 Å². The fourth-order valence-electron chi connectivity index (χ4n) is 1.74. The van der Waals surface area contributed by atoms with Crippen LogP contribution in [0.5, 0.6) is 0 Å². The molecule has 0 aliphatic carbocycles. The first-order valence-electron chi connectivity index (χ1n) is 6.42. The number of furan rings is 1. The quantitative estimate of drug-likeness (QED) is 0.554. The van der Waals surface area contributed by atoms with Crippen molar-refractivity contribution in [2.45, 2.75) is 10.6 Å². The summed E-state index contributed by atoms with van der Waals surface area (Å²) in [6, 6.07) is 13.4. The molecule has 0 spiro atoms. The summed E-state index contributed by atoms with van der Waals surface area (Å²) >= 11 is 6.59. The third-order valence-electron chi connectivity index (χ3n) is 2.78. The smallest absolute Gasteiger partial charge is 0.305 e. The fraction of sp³-hybridized carbons (Fsp3) is 0.0714. The molecule has 6 nitrogen and oxygen atoms in total. The highest BCUT2D eigenvalue weighted by atomic mass is 32.2. The van der Waals surface area contributed by atoms with Crippen LogP contribution >= 0.6 is 24.0 Å². The monoisotopic (exact) mass is 332 g/mol. The second-order valence-corrected chi connectivity index (χ2v) is 5.78. The number of amides is 1. The summed E-state index contributed by atoms with van der Waals surface area (Å²) in [6.07, 6.45) is 1.38. The van der Waals surface area contributed by atoms with Crippen molar-refractivity contribution in [2.24, 2.45) is 0 Å². The number of nitrogens with one attached hydrogen (secondary N) is 2. The number of benzene rings is 1. The van der Waals surface area contributed by atoms with Gasteiger partial charge in [0.2, 0.25) is 4.77 Å². The summed E-state index contributed by atoms with van der Waals surface area (Å²) in [4.78, 5) is 13.2. The number of hydrogen-bond donors (Lipinski definition) is 2. The van der Waals surface area contributed by atoms with Gasteiger partial charge in [-0.2, -0.15) is 5.10 Å². The van der Waals surface area contributed by atoms with Gasteiger partial charge in [0.25, 0.3) is 0 Å². The van der Waals surface area contributed by atoms with E-state index in [1.165, 1.54) is 11.0 Å². The first-order valence-corrected chi connectivity index (χ1v) is 7.82. The Labute approximate surface area is 135 Å². The van der Waals surface area contributed by atoms with Crippen molar-refractivity contribution in [3.05, 3.63) is 65.1 Å². The highest BCUT2D eigenvalue weighted by Crippen LogP contribution is 2.23. The van der Waals surface area contributed by atoms with Gasteiger partial charge in [0.05, 0.1) is 5.75 Å². The largest absolute Gasteiger partial charge is 0.455 e. The summed E-state index contributed by atoms with van der Waals surface area (Å²) in [6.45, 7) is 0. The SMILES string of the molecule is O=C(Nn1cn[nH]c1=S)c1ccc(CSc2ccccc2)o1. The Morgan fingerprint density at radius 2 is 2.14 bits per heavy atom. The van der Waals surface area contributed by atoms with E-state index in [1.807, 2.05) is 30.3 Å². The molecular weight excluding hydrogens is 320 g/mol. The second kappa shape index (κ2) is 6.63. The number of rotatable bonds is 5. The molecule has 2 aromatic heterocycles. The summed E-state index contributed by atoms with van der Waals surface area (Å²) in [5.74, 6) is 1.23. The zero-order valence-corrected chi connectivity index (χ0v) is 13.0. The number of hydrogen-bond acceptors (Lipinski definition) is 5. The maximum atomic E-state index is 12.0. The Morgan fingerprint density at radius 1 is 1.32 bits per heavy atom. The van der Waals surface area contributed by atoms with Crippen molar-refractivity contribution in [2.75, 3.05) is 5.43 Å². The minimum absolute atomic E-state index is 0.228. The van der Waals surface area contributed by atoms with E-state index in [0.717, 1.165) is 10.7 Å². The van der Waals surface area contributed by atoms with Gasteiger partial charge in [-0.05, 0) is 36.5 Å². The van der Waals surface area contributed by atoms with Gasteiger partial charge in [0.15, 0.2) is 5.76 Å². The van der Waals surface area contributed by atoms with Gasteiger partial charge in [0.1, 0.15) is 12.1 Å². The summed E-state index contributed by atoms with van der Waals surface area (Å²) in [5.41, 5.74) is 2.57. The van der Waals surface area contributed by atoms with E-state index < -0.39 is 0 Å². The lowest BCUT2D eigenvalue weighted by Gasteiger charge is -2.02. The molecule has 0 radical (unpaired) electrons. The number of H-pyrrole nitrogens is 1. The average molecular weight is 332 g/mol.